The van der Waals surface area contributed by atoms with Crippen LogP contribution in [0.15, 0.2) is 42.5 Å². The Morgan fingerprint density at radius 2 is 1.79 bits per heavy atom. The number of nitrogens with two attached hydrogens (primary N) is 1. The van der Waals surface area contributed by atoms with Crippen molar-refractivity contribution >= 4 is 38.9 Å². The standard InChI is InChI=1S/C17H18N4O6S/c1-11-3-8-14(21(24)25)9-15(11)20(28(2,26)27)10-16(22)19-13-6-4-12(5-7-13)17(18)23/h3-9H,10H2,1-2H3,(H2,18,23)(H,19,22). The summed E-state index contributed by atoms with van der Waals surface area (Å²) in [6.45, 7) is 0.996. The van der Waals surface area contributed by atoms with E-state index in [0.717, 1.165) is 16.6 Å². The smallest absolute Gasteiger partial charge is 0.271 e. The van der Waals surface area contributed by atoms with Gasteiger partial charge in [-0.05, 0) is 36.8 Å². The summed E-state index contributed by atoms with van der Waals surface area (Å²) in [7, 11) is -3.90. The van der Waals surface area contributed by atoms with Crippen LogP contribution < -0.4 is 15.4 Å². The molecule has 0 heterocycles. The first-order valence-corrected chi connectivity index (χ1v) is 9.76. The summed E-state index contributed by atoms with van der Waals surface area (Å²) in [4.78, 5) is 33.8. The molecule has 0 atom stereocenters. The van der Waals surface area contributed by atoms with Crippen LogP contribution in [0.5, 0.6) is 0 Å². The Labute approximate surface area is 161 Å². The lowest BCUT2D eigenvalue weighted by molar-refractivity contribution is -0.384. The summed E-state index contributed by atoms with van der Waals surface area (Å²) in [5.74, 6) is -1.29. The lowest BCUT2D eigenvalue weighted by Gasteiger charge is -2.23. The second-order valence-electron chi connectivity index (χ2n) is 5.99. The monoisotopic (exact) mass is 406 g/mol. The molecule has 0 unspecified atom stereocenters. The second-order valence-corrected chi connectivity index (χ2v) is 7.89. The highest BCUT2D eigenvalue weighted by Gasteiger charge is 2.24. The van der Waals surface area contributed by atoms with E-state index >= 15 is 0 Å². The number of nitrogens with one attached hydrogen (secondary N) is 1. The number of primary amides is 1. The molecule has 148 valence electrons. The number of hydrogen-bond donors (Lipinski definition) is 2. The Kier molecular flexibility index (Phi) is 5.99. The SMILES string of the molecule is Cc1ccc([N+](=O)[O-])cc1N(CC(=O)Nc1ccc(C(N)=O)cc1)S(C)(=O)=O. The van der Waals surface area contributed by atoms with Crippen molar-refractivity contribution in [1.82, 2.24) is 0 Å². The summed E-state index contributed by atoms with van der Waals surface area (Å²) >= 11 is 0. The van der Waals surface area contributed by atoms with Gasteiger partial charge in [-0.1, -0.05) is 6.07 Å². The number of benzene rings is 2. The number of hydrogen-bond acceptors (Lipinski definition) is 6. The molecular formula is C17H18N4O6S. The lowest BCUT2D eigenvalue weighted by Crippen LogP contribution is -2.37. The molecule has 0 fully saturated rings. The molecule has 0 saturated carbocycles. The minimum atomic E-state index is -3.90. The fourth-order valence-electron chi connectivity index (χ4n) is 2.41. The van der Waals surface area contributed by atoms with Crippen molar-refractivity contribution in [3.8, 4) is 0 Å². The summed E-state index contributed by atoms with van der Waals surface area (Å²) in [6.07, 6.45) is 0.903. The first-order chi connectivity index (χ1) is 13.0. The van der Waals surface area contributed by atoms with Gasteiger partial charge >= 0.3 is 0 Å². The Hall–Kier alpha value is -3.47. The van der Waals surface area contributed by atoms with E-state index in [1.165, 1.54) is 36.4 Å². The number of carbonyl (C=O) groups excluding carboxylic acids is 2. The molecule has 2 rings (SSSR count). The number of non-ortho nitro benzene ring substituents is 1. The van der Waals surface area contributed by atoms with Crippen molar-refractivity contribution in [3.05, 3.63) is 63.7 Å². The quantitative estimate of drug-likeness (QED) is 0.523. The highest BCUT2D eigenvalue weighted by Crippen LogP contribution is 2.27. The zero-order valence-corrected chi connectivity index (χ0v) is 15.9. The third-order valence-electron chi connectivity index (χ3n) is 3.81. The number of rotatable bonds is 7. The summed E-state index contributed by atoms with van der Waals surface area (Å²) in [5.41, 5.74) is 5.93. The predicted octanol–water partition coefficient (Wildman–Crippen LogP) is 1.41. The number of nitro benzene ring substituents is 1. The second kappa shape index (κ2) is 8.05. The normalized spacial score (nSPS) is 10.9. The fourth-order valence-corrected chi connectivity index (χ4v) is 3.32. The number of nitrogens with zero attached hydrogens (tertiary/aromatic N) is 2. The molecule has 2 amide bonds. The Morgan fingerprint density at radius 3 is 2.29 bits per heavy atom. The van der Waals surface area contributed by atoms with Crippen LogP contribution in [0.25, 0.3) is 0 Å². The van der Waals surface area contributed by atoms with E-state index in [2.05, 4.69) is 5.32 Å². The lowest BCUT2D eigenvalue weighted by atomic mass is 10.2. The van der Waals surface area contributed by atoms with Gasteiger partial charge in [0.05, 0.1) is 16.9 Å². The van der Waals surface area contributed by atoms with E-state index in [9.17, 15) is 28.1 Å². The predicted molar refractivity (Wildman–Crippen MR) is 104 cm³/mol. The van der Waals surface area contributed by atoms with Gasteiger partial charge in [0.2, 0.25) is 21.8 Å². The van der Waals surface area contributed by atoms with Crippen molar-refractivity contribution in [1.29, 1.82) is 0 Å². The molecule has 2 aromatic rings. The highest BCUT2D eigenvalue weighted by molar-refractivity contribution is 7.92. The molecule has 0 aliphatic rings. The Bertz CT molecular complexity index is 1030. The maximum atomic E-state index is 12.3. The number of anilines is 2. The van der Waals surface area contributed by atoms with Crippen LogP contribution in [0.4, 0.5) is 17.1 Å². The van der Waals surface area contributed by atoms with Gasteiger partial charge in [0, 0.05) is 23.4 Å². The zero-order chi connectivity index (χ0) is 21.1. The molecule has 0 bridgehead atoms. The van der Waals surface area contributed by atoms with Gasteiger partial charge in [0.1, 0.15) is 6.54 Å². The minimum absolute atomic E-state index is 0.0379. The molecule has 11 heteroatoms. The number of amides is 2. The van der Waals surface area contributed by atoms with E-state index in [1.807, 2.05) is 0 Å². The summed E-state index contributed by atoms with van der Waals surface area (Å²) in [6, 6.07) is 9.48. The molecule has 0 saturated heterocycles. The Balaban J connectivity index is 2.28. The average molecular weight is 406 g/mol. The van der Waals surface area contributed by atoms with E-state index in [4.69, 9.17) is 5.73 Å². The molecule has 0 radical (unpaired) electrons. The third kappa shape index (κ3) is 5.04. The molecule has 10 nitrogen and oxygen atoms in total. The van der Waals surface area contributed by atoms with Crippen molar-refractivity contribution in [3.63, 3.8) is 0 Å². The summed E-state index contributed by atoms with van der Waals surface area (Å²) in [5, 5.41) is 13.5. The summed E-state index contributed by atoms with van der Waals surface area (Å²) < 4.78 is 25.2. The van der Waals surface area contributed by atoms with Crippen LogP contribution >= 0.6 is 0 Å². The first kappa shape index (κ1) is 20.8. The maximum Gasteiger partial charge on any atom is 0.271 e. The van der Waals surface area contributed by atoms with Gasteiger partial charge in [-0.15, -0.1) is 0 Å². The molecule has 0 aliphatic heterocycles. The van der Waals surface area contributed by atoms with Gasteiger partial charge in [-0.3, -0.25) is 24.0 Å². The van der Waals surface area contributed by atoms with Crippen LogP contribution in [0.3, 0.4) is 0 Å². The topological polar surface area (TPSA) is 153 Å². The van der Waals surface area contributed by atoms with Crippen molar-refractivity contribution in [2.24, 2.45) is 5.73 Å². The Morgan fingerprint density at radius 1 is 1.18 bits per heavy atom. The van der Waals surface area contributed by atoms with Gasteiger partial charge in [-0.25, -0.2) is 8.42 Å². The van der Waals surface area contributed by atoms with Crippen LogP contribution in [0.2, 0.25) is 0 Å². The molecule has 3 N–H and O–H groups in total. The van der Waals surface area contributed by atoms with Crippen LogP contribution in [-0.4, -0.2) is 38.0 Å². The van der Waals surface area contributed by atoms with E-state index < -0.39 is 33.3 Å². The zero-order valence-electron chi connectivity index (χ0n) is 15.1. The largest absolute Gasteiger partial charge is 0.366 e. The van der Waals surface area contributed by atoms with Crippen molar-refractivity contribution < 1.29 is 22.9 Å². The van der Waals surface area contributed by atoms with Gasteiger partial charge in [-0.2, -0.15) is 0 Å². The number of carbonyl (C=O) groups is 2. The van der Waals surface area contributed by atoms with Crippen molar-refractivity contribution in [2.45, 2.75) is 6.92 Å². The average Bonchev–Trinajstić information content (AvgIpc) is 2.59. The molecule has 0 spiro atoms. The molecule has 0 aliphatic carbocycles. The van der Waals surface area contributed by atoms with Gasteiger partial charge in [0.25, 0.3) is 5.69 Å². The van der Waals surface area contributed by atoms with Crippen molar-refractivity contribution in [2.75, 3.05) is 22.4 Å². The molecule has 28 heavy (non-hydrogen) atoms. The number of nitro groups is 1. The van der Waals surface area contributed by atoms with Crippen LogP contribution in [0.1, 0.15) is 15.9 Å². The number of sulfonamides is 1. The minimum Gasteiger partial charge on any atom is -0.366 e. The fraction of sp³-hybridized carbons (Fsp3) is 0.176. The molecular weight excluding hydrogens is 388 g/mol. The van der Waals surface area contributed by atoms with Gasteiger partial charge in [0.15, 0.2) is 0 Å². The van der Waals surface area contributed by atoms with E-state index in [-0.39, 0.29) is 16.9 Å². The molecule has 2 aromatic carbocycles. The van der Waals surface area contributed by atoms with E-state index in [0.29, 0.717) is 11.3 Å². The highest BCUT2D eigenvalue weighted by atomic mass is 32.2. The molecule has 0 aromatic heterocycles. The number of aryl methyl sites for hydroxylation is 1. The first-order valence-electron chi connectivity index (χ1n) is 7.91. The maximum absolute atomic E-state index is 12.3. The van der Waals surface area contributed by atoms with Crippen LogP contribution in [0, 0.1) is 17.0 Å². The van der Waals surface area contributed by atoms with Crippen LogP contribution in [-0.2, 0) is 14.8 Å². The van der Waals surface area contributed by atoms with Gasteiger partial charge < -0.3 is 11.1 Å². The third-order valence-corrected chi connectivity index (χ3v) is 4.94. The van der Waals surface area contributed by atoms with E-state index in [1.54, 1.807) is 6.92 Å².